The van der Waals surface area contributed by atoms with E-state index in [1.165, 1.54) is 32.4 Å². The second-order valence-electron chi connectivity index (χ2n) is 4.18. The van der Waals surface area contributed by atoms with Gasteiger partial charge in [-0.2, -0.15) is 8.42 Å². The molecule has 0 radical (unpaired) electrons. The lowest BCUT2D eigenvalue weighted by Gasteiger charge is -2.10. The van der Waals surface area contributed by atoms with E-state index in [2.05, 4.69) is 9.47 Å². The largest absolute Gasteiger partial charge is 0.494 e. The van der Waals surface area contributed by atoms with Crippen LogP contribution < -0.4 is 4.74 Å². The summed E-state index contributed by atoms with van der Waals surface area (Å²) in [5, 5.41) is 0. The monoisotopic (exact) mass is 332 g/mol. The first-order chi connectivity index (χ1) is 10.3. The van der Waals surface area contributed by atoms with Crippen LogP contribution in [0.15, 0.2) is 18.2 Å². The van der Waals surface area contributed by atoms with Crippen LogP contribution in [-0.4, -0.2) is 51.5 Å². The van der Waals surface area contributed by atoms with Gasteiger partial charge in [-0.05, 0) is 24.6 Å². The highest BCUT2D eigenvalue weighted by Crippen LogP contribution is 2.20. The summed E-state index contributed by atoms with van der Waals surface area (Å²) in [5.41, 5.74) is 0.00117. The molecule has 1 aromatic rings. The molecule has 0 aliphatic carbocycles. The van der Waals surface area contributed by atoms with Gasteiger partial charge in [0.05, 0.1) is 37.7 Å². The van der Waals surface area contributed by atoms with Crippen LogP contribution in [-0.2, 0) is 19.6 Å². The zero-order valence-corrected chi connectivity index (χ0v) is 12.9. The molecule has 0 fully saturated rings. The average Bonchev–Trinajstić information content (AvgIpc) is 2.48. The van der Waals surface area contributed by atoms with Gasteiger partial charge in [-0.1, -0.05) is 0 Å². The minimum atomic E-state index is -4.04. The highest BCUT2D eigenvalue weighted by molar-refractivity contribution is 7.85. The maximum atomic E-state index is 11.7. The minimum Gasteiger partial charge on any atom is -0.494 e. The van der Waals surface area contributed by atoms with E-state index in [0.29, 0.717) is 0 Å². The molecule has 0 heterocycles. The smallest absolute Gasteiger partial charge is 0.338 e. The topological polar surface area (TPSA) is 116 Å². The van der Waals surface area contributed by atoms with Crippen LogP contribution in [0.2, 0.25) is 0 Å². The summed E-state index contributed by atoms with van der Waals surface area (Å²) < 4.78 is 44.1. The Morgan fingerprint density at radius 3 is 2.23 bits per heavy atom. The highest BCUT2D eigenvalue weighted by Gasteiger charge is 2.19. The van der Waals surface area contributed by atoms with Gasteiger partial charge in [-0.3, -0.25) is 4.55 Å². The van der Waals surface area contributed by atoms with Crippen LogP contribution in [0.1, 0.15) is 27.1 Å². The van der Waals surface area contributed by atoms with Gasteiger partial charge < -0.3 is 14.2 Å². The lowest BCUT2D eigenvalue weighted by atomic mass is 10.1. The van der Waals surface area contributed by atoms with Crippen LogP contribution in [0.25, 0.3) is 0 Å². The highest BCUT2D eigenvalue weighted by atomic mass is 32.2. The van der Waals surface area contributed by atoms with E-state index in [1.807, 2.05) is 0 Å². The van der Waals surface area contributed by atoms with Crippen molar-refractivity contribution in [1.29, 1.82) is 0 Å². The van der Waals surface area contributed by atoms with Crippen molar-refractivity contribution in [1.82, 2.24) is 0 Å². The van der Waals surface area contributed by atoms with Crippen molar-refractivity contribution in [3.63, 3.8) is 0 Å². The Hall–Kier alpha value is -2.13. The molecule has 9 heteroatoms. The fourth-order valence-electron chi connectivity index (χ4n) is 1.61. The third-order valence-corrected chi connectivity index (χ3v) is 3.42. The van der Waals surface area contributed by atoms with E-state index in [9.17, 15) is 18.0 Å². The van der Waals surface area contributed by atoms with E-state index in [0.717, 1.165) is 0 Å². The molecule has 0 aromatic heterocycles. The Morgan fingerprint density at radius 1 is 1.09 bits per heavy atom. The van der Waals surface area contributed by atoms with E-state index in [1.54, 1.807) is 0 Å². The maximum Gasteiger partial charge on any atom is 0.338 e. The Bertz CT molecular complexity index is 650. The Labute approximate surface area is 127 Å². The molecule has 0 aliphatic rings. The lowest BCUT2D eigenvalue weighted by molar-refractivity contribution is 0.0555. The molecule has 0 aliphatic heterocycles. The third-order valence-electron chi connectivity index (χ3n) is 2.62. The van der Waals surface area contributed by atoms with Crippen molar-refractivity contribution >= 4 is 22.1 Å². The van der Waals surface area contributed by atoms with Gasteiger partial charge in [0.15, 0.2) is 0 Å². The van der Waals surface area contributed by atoms with Gasteiger partial charge >= 0.3 is 11.9 Å². The number of esters is 2. The Morgan fingerprint density at radius 2 is 1.68 bits per heavy atom. The molecule has 122 valence electrons. The number of hydrogen-bond donors (Lipinski definition) is 1. The molecule has 1 N–H and O–H groups in total. The van der Waals surface area contributed by atoms with Gasteiger partial charge in [-0.25, -0.2) is 9.59 Å². The number of methoxy groups -OCH3 is 2. The molecule has 0 atom stereocenters. The number of carbonyl (C=O) groups is 2. The van der Waals surface area contributed by atoms with Crippen molar-refractivity contribution in [2.75, 3.05) is 26.6 Å². The predicted octanol–water partition coefficient (Wildman–Crippen LogP) is 0.917. The van der Waals surface area contributed by atoms with E-state index >= 15 is 0 Å². The first-order valence-electron chi connectivity index (χ1n) is 6.17. The number of hydrogen-bond acceptors (Lipinski definition) is 7. The molecular formula is C13H16O8S. The van der Waals surface area contributed by atoms with E-state index in [-0.39, 0.29) is 29.9 Å². The summed E-state index contributed by atoms with van der Waals surface area (Å²) in [4.78, 5) is 23.2. The standard InChI is InChI=1S/C13H16O8S/c1-19-12(14)10-5-4-9(8-11(10)13(15)20-2)21-6-3-7-22(16,17)18/h4-5,8H,3,6-7H2,1-2H3,(H,16,17,18). The molecule has 0 bridgehead atoms. The summed E-state index contributed by atoms with van der Waals surface area (Å²) in [5.74, 6) is -1.61. The number of benzene rings is 1. The summed E-state index contributed by atoms with van der Waals surface area (Å²) in [6.45, 7) is 0.0119. The van der Waals surface area contributed by atoms with E-state index < -0.39 is 27.8 Å². The van der Waals surface area contributed by atoms with Crippen LogP contribution in [0, 0.1) is 0 Å². The zero-order chi connectivity index (χ0) is 16.8. The van der Waals surface area contributed by atoms with Crippen molar-refractivity contribution < 1.29 is 36.8 Å². The Kier molecular flexibility index (Phi) is 6.32. The Balaban J connectivity index is 2.86. The van der Waals surface area contributed by atoms with Gasteiger partial charge in [0.25, 0.3) is 10.1 Å². The molecular weight excluding hydrogens is 316 g/mol. The fraction of sp³-hybridized carbons (Fsp3) is 0.385. The molecule has 1 rings (SSSR count). The van der Waals surface area contributed by atoms with E-state index in [4.69, 9.17) is 9.29 Å². The molecule has 0 spiro atoms. The zero-order valence-electron chi connectivity index (χ0n) is 12.1. The first kappa shape index (κ1) is 17.9. The van der Waals surface area contributed by atoms with Crippen molar-refractivity contribution in [3.05, 3.63) is 29.3 Å². The van der Waals surface area contributed by atoms with Gasteiger partial charge in [-0.15, -0.1) is 0 Å². The summed E-state index contributed by atoms with van der Waals surface area (Å²) in [6, 6.07) is 4.08. The van der Waals surface area contributed by atoms with Gasteiger partial charge in [0.1, 0.15) is 5.75 Å². The van der Waals surface area contributed by atoms with Crippen molar-refractivity contribution in [2.45, 2.75) is 6.42 Å². The first-order valence-corrected chi connectivity index (χ1v) is 7.78. The quantitative estimate of drug-likeness (QED) is 0.445. The molecule has 22 heavy (non-hydrogen) atoms. The second-order valence-corrected chi connectivity index (χ2v) is 5.75. The summed E-state index contributed by atoms with van der Waals surface area (Å²) in [7, 11) is -1.69. The normalized spacial score (nSPS) is 10.9. The SMILES string of the molecule is COC(=O)c1ccc(OCCCS(=O)(=O)O)cc1C(=O)OC. The average molecular weight is 332 g/mol. The van der Waals surface area contributed by atoms with Crippen molar-refractivity contribution in [3.8, 4) is 5.75 Å². The minimum absolute atomic E-state index is 0.0119. The predicted molar refractivity (Wildman–Crippen MR) is 75.6 cm³/mol. The van der Waals surface area contributed by atoms with Gasteiger partial charge in [0, 0.05) is 0 Å². The molecule has 0 saturated heterocycles. The fourth-order valence-corrected chi connectivity index (χ4v) is 2.09. The third kappa shape index (κ3) is 5.34. The summed E-state index contributed by atoms with van der Waals surface area (Å²) >= 11 is 0. The second kappa shape index (κ2) is 7.76. The molecule has 0 saturated carbocycles. The number of ether oxygens (including phenoxy) is 3. The maximum absolute atomic E-state index is 11.7. The van der Waals surface area contributed by atoms with Gasteiger partial charge in [0.2, 0.25) is 0 Å². The van der Waals surface area contributed by atoms with Crippen LogP contribution >= 0.6 is 0 Å². The summed E-state index contributed by atoms with van der Waals surface area (Å²) in [6.07, 6.45) is 0.0745. The number of rotatable bonds is 7. The molecule has 0 amide bonds. The van der Waals surface area contributed by atoms with Crippen LogP contribution in [0.5, 0.6) is 5.75 Å². The number of carbonyl (C=O) groups excluding carboxylic acids is 2. The molecule has 1 aromatic carbocycles. The van der Waals surface area contributed by atoms with Crippen molar-refractivity contribution in [2.24, 2.45) is 0 Å². The van der Waals surface area contributed by atoms with Crippen LogP contribution in [0.4, 0.5) is 0 Å². The molecule has 0 unspecified atom stereocenters. The van der Waals surface area contributed by atoms with Crippen LogP contribution in [0.3, 0.4) is 0 Å². The lowest BCUT2D eigenvalue weighted by Crippen LogP contribution is -2.13. The molecule has 8 nitrogen and oxygen atoms in total.